The van der Waals surface area contributed by atoms with Gasteiger partial charge in [0.2, 0.25) is 5.95 Å². The standard InChI is InChI=1S/C19H22BrN5O2/c1-23-15-16(22-18(23)21-14-5-3-4-6-14)24(2)19(27)25(17(15)26)11-12-7-9-13(20)10-8-12/h7-10,14H,3-6,11H2,1-2H3,(H,21,22). The van der Waals surface area contributed by atoms with Crippen LogP contribution in [0, 0.1) is 0 Å². The number of nitrogens with one attached hydrogen (secondary N) is 1. The second-order valence-corrected chi connectivity index (χ2v) is 8.07. The van der Waals surface area contributed by atoms with Gasteiger partial charge in [-0.05, 0) is 30.5 Å². The van der Waals surface area contributed by atoms with Crippen LogP contribution in [0.1, 0.15) is 31.2 Å². The molecule has 4 rings (SSSR count). The van der Waals surface area contributed by atoms with Crippen LogP contribution < -0.4 is 16.6 Å². The molecule has 3 aromatic rings. The van der Waals surface area contributed by atoms with Crippen molar-refractivity contribution in [3.05, 3.63) is 55.1 Å². The van der Waals surface area contributed by atoms with Crippen molar-refractivity contribution in [2.45, 2.75) is 38.3 Å². The Labute approximate surface area is 164 Å². The van der Waals surface area contributed by atoms with E-state index in [0.717, 1.165) is 22.9 Å². The summed E-state index contributed by atoms with van der Waals surface area (Å²) < 4.78 is 5.45. The summed E-state index contributed by atoms with van der Waals surface area (Å²) in [5.41, 5.74) is 1.07. The minimum absolute atomic E-state index is 0.227. The highest BCUT2D eigenvalue weighted by atomic mass is 79.9. The zero-order chi connectivity index (χ0) is 19.1. The monoisotopic (exact) mass is 431 g/mol. The van der Waals surface area contributed by atoms with Crippen molar-refractivity contribution in [1.29, 1.82) is 0 Å². The molecule has 8 heteroatoms. The van der Waals surface area contributed by atoms with Gasteiger partial charge in [-0.1, -0.05) is 40.9 Å². The van der Waals surface area contributed by atoms with Gasteiger partial charge in [-0.15, -0.1) is 0 Å². The Balaban J connectivity index is 1.81. The van der Waals surface area contributed by atoms with Gasteiger partial charge in [0.15, 0.2) is 11.2 Å². The van der Waals surface area contributed by atoms with Gasteiger partial charge in [-0.2, -0.15) is 4.98 Å². The molecule has 2 aromatic heterocycles. The molecule has 1 aliphatic carbocycles. The molecule has 0 saturated heterocycles. The van der Waals surface area contributed by atoms with Crippen LogP contribution in [0.25, 0.3) is 11.2 Å². The summed E-state index contributed by atoms with van der Waals surface area (Å²) in [6.45, 7) is 0.227. The second-order valence-electron chi connectivity index (χ2n) is 7.15. The van der Waals surface area contributed by atoms with Crippen molar-refractivity contribution >= 4 is 33.0 Å². The molecule has 0 radical (unpaired) electrons. The number of hydrogen-bond donors (Lipinski definition) is 1. The van der Waals surface area contributed by atoms with Gasteiger partial charge in [0.25, 0.3) is 5.56 Å². The third-order valence-electron chi connectivity index (χ3n) is 5.30. The maximum absolute atomic E-state index is 13.1. The third-order valence-corrected chi connectivity index (χ3v) is 5.83. The van der Waals surface area contributed by atoms with Crippen LogP contribution in [-0.2, 0) is 20.6 Å². The van der Waals surface area contributed by atoms with E-state index in [-0.39, 0.29) is 17.8 Å². The number of rotatable bonds is 4. The Morgan fingerprint density at radius 2 is 1.78 bits per heavy atom. The van der Waals surface area contributed by atoms with Crippen molar-refractivity contribution in [2.75, 3.05) is 5.32 Å². The molecule has 0 unspecified atom stereocenters. The maximum atomic E-state index is 13.1. The number of aromatic nitrogens is 4. The Hall–Kier alpha value is -2.35. The van der Waals surface area contributed by atoms with Crippen LogP contribution in [-0.4, -0.2) is 24.7 Å². The molecule has 1 aromatic carbocycles. The molecule has 142 valence electrons. The van der Waals surface area contributed by atoms with Crippen molar-refractivity contribution in [3.63, 3.8) is 0 Å². The number of benzene rings is 1. The number of halogens is 1. The van der Waals surface area contributed by atoms with Gasteiger partial charge >= 0.3 is 5.69 Å². The summed E-state index contributed by atoms with van der Waals surface area (Å²) in [5.74, 6) is 0.644. The van der Waals surface area contributed by atoms with E-state index in [4.69, 9.17) is 0 Å². The molecule has 0 amide bonds. The Morgan fingerprint density at radius 3 is 2.44 bits per heavy atom. The van der Waals surface area contributed by atoms with Crippen LogP contribution in [0.4, 0.5) is 5.95 Å². The number of hydrogen-bond acceptors (Lipinski definition) is 4. The van der Waals surface area contributed by atoms with E-state index < -0.39 is 0 Å². The molecule has 2 heterocycles. The van der Waals surface area contributed by atoms with Crippen LogP contribution in [0.2, 0.25) is 0 Å². The Morgan fingerprint density at radius 1 is 1.11 bits per heavy atom. The first-order valence-electron chi connectivity index (χ1n) is 9.13. The number of nitrogens with zero attached hydrogens (tertiary/aromatic N) is 4. The molecular weight excluding hydrogens is 410 g/mol. The summed E-state index contributed by atoms with van der Waals surface area (Å²) in [4.78, 5) is 30.4. The van der Waals surface area contributed by atoms with Crippen molar-refractivity contribution in [2.24, 2.45) is 14.1 Å². The van der Waals surface area contributed by atoms with Crippen LogP contribution in [0.15, 0.2) is 38.3 Å². The fourth-order valence-electron chi connectivity index (χ4n) is 3.74. The quantitative estimate of drug-likeness (QED) is 0.688. The Kier molecular flexibility index (Phi) is 4.67. The van der Waals surface area contributed by atoms with E-state index >= 15 is 0 Å². The molecule has 1 fully saturated rings. The first kappa shape index (κ1) is 18.0. The van der Waals surface area contributed by atoms with Gasteiger partial charge in [-0.25, -0.2) is 4.79 Å². The number of anilines is 1. The van der Waals surface area contributed by atoms with Crippen molar-refractivity contribution in [3.8, 4) is 0 Å². The van der Waals surface area contributed by atoms with Crippen molar-refractivity contribution in [1.82, 2.24) is 18.7 Å². The molecule has 0 bridgehead atoms. The molecule has 7 nitrogen and oxygen atoms in total. The summed E-state index contributed by atoms with van der Waals surface area (Å²) in [6.07, 6.45) is 4.63. The van der Waals surface area contributed by atoms with Gasteiger partial charge in [-0.3, -0.25) is 13.9 Å². The van der Waals surface area contributed by atoms with E-state index in [0.29, 0.717) is 23.2 Å². The average Bonchev–Trinajstić information content (AvgIpc) is 3.27. The first-order chi connectivity index (χ1) is 13.0. The predicted molar refractivity (Wildman–Crippen MR) is 109 cm³/mol. The predicted octanol–water partition coefficient (Wildman–Crippen LogP) is 2.60. The average molecular weight is 432 g/mol. The lowest BCUT2D eigenvalue weighted by molar-refractivity contribution is 0.655. The molecule has 1 saturated carbocycles. The largest absolute Gasteiger partial charge is 0.353 e. The van der Waals surface area contributed by atoms with Gasteiger partial charge in [0.1, 0.15) is 0 Å². The zero-order valence-electron chi connectivity index (χ0n) is 15.4. The van der Waals surface area contributed by atoms with E-state index in [2.05, 4.69) is 26.2 Å². The van der Waals surface area contributed by atoms with E-state index in [9.17, 15) is 9.59 Å². The Bertz CT molecular complexity index is 1100. The normalized spacial score (nSPS) is 14.9. The summed E-state index contributed by atoms with van der Waals surface area (Å²) in [6, 6.07) is 7.98. The molecular formula is C19H22BrN5O2. The number of imidazole rings is 1. The molecule has 27 heavy (non-hydrogen) atoms. The highest BCUT2D eigenvalue weighted by Gasteiger charge is 2.21. The molecule has 0 atom stereocenters. The summed E-state index contributed by atoms with van der Waals surface area (Å²) in [5, 5.41) is 3.43. The fourth-order valence-corrected chi connectivity index (χ4v) is 4.00. The number of fused-ring (bicyclic) bond motifs is 1. The van der Waals surface area contributed by atoms with E-state index in [1.165, 1.54) is 22.0 Å². The first-order valence-corrected chi connectivity index (χ1v) is 9.92. The lowest BCUT2D eigenvalue weighted by Crippen LogP contribution is -2.39. The smallest absolute Gasteiger partial charge is 0.332 e. The molecule has 1 aliphatic rings. The zero-order valence-corrected chi connectivity index (χ0v) is 17.0. The van der Waals surface area contributed by atoms with Crippen molar-refractivity contribution < 1.29 is 0 Å². The fraction of sp³-hybridized carbons (Fsp3) is 0.421. The molecule has 1 N–H and O–H groups in total. The lowest BCUT2D eigenvalue weighted by atomic mass is 10.2. The van der Waals surface area contributed by atoms with E-state index in [1.807, 2.05) is 31.3 Å². The summed E-state index contributed by atoms with van der Waals surface area (Å²) >= 11 is 3.40. The lowest BCUT2D eigenvalue weighted by Gasteiger charge is -2.12. The minimum atomic E-state index is -0.360. The second kappa shape index (κ2) is 6.99. The van der Waals surface area contributed by atoms with E-state index in [1.54, 1.807) is 11.6 Å². The topological polar surface area (TPSA) is 73.8 Å². The molecule has 0 spiro atoms. The maximum Gasteiger partial charge on any atom is 0.332 e. The highest BCUT2D eigenvalue weighted by Crippen LogP contribution is 2.23. The van der Waals surface area contributed by atoms with Crippen LogP contribution in [0.5, 0.6) is 0 Å². The summed E-state index contributed by atoms with van der Waals surface area (Å²) in [7, 11) is 3.48. The van der Waals surface area contributed by atoms with Gasteiger partial charge < -0.3 is 9.88 Å². The molecule has 0 aliphatic heterocycles. The van der Waals surface area contributed by atoms with Gasteiger partial charge in [0, 0.05) is 24.6 Å². The van der Waals surface area contributed by atoms with Gasteiger partial charge in [0.05, 0.1) is 6.54 Å². The van der Waals surface area contributed by atoms with Crippen LogP contribution >= 0.6 is 15.9 Å². The third kappa shape index (κ3) is 3.22. The minimum Gasteiger partial charge on any atom is -0.353 e. The highest BCUT2D eigenvalue weighted by molar-refractivity contribution is 9.10. The SMILES string of the molecule is Cn1c(NC2CCCC2)nc2c1c(=O)n(Cc1ccc(Br)cc1)c(=O)n2C. The van der Waals surface area contributed by atoms with Crippen LogP contribution in [0.3, 0.4) is 0 Å². The number of aryl methyl sites for hydroxylation is 2.